The third kappa shape index (κ3) is 4.60. The molecule has 0 fully saturated rings. The Morgan fingerprint density at radius 2 is 1.81 bits per heavy atom. The molecule has 1 N–H and O–H groups in total. The minimum atomic E-state index is -0.471. The molecule has 0 atom stereocenters. The van der Waals surface area contributed by atoms with Gasteiger partial charge in [-0.3, -0.25) is 9.59 Å². The first-order valence-electron chi connectivity index (χ1n) is 7.83. The number of anilines is 1. The van der Waals surface area contributed by atoms with Crippen LogP contribution in [0, 0.1) is 0 Å². The van der Waals surface area contributed by atoms with Gasteiger partial charge in [0.05, 0.1) is 12.8 Å². The predicted octanol–water partition coefficient (Wildman–Crippen LogP) is 3.30. The van der Waals surface area contributed by atoms with E-state index in [-0.39, 0.29) is 10.4 Å². The van der Waals surface area contributed by atoms with Crippen LogP contribution in [-0.2, 0) is 4.79 Å². The number of ether oxygens (including phenoxy) is 1. The molecule has 0 unspecified atom stereocenters. The monoisotopic (exact) mass is 402 g/mol. The average Bonchev–Trinajstić information content (AvgIpc) is 3.07. The Kier molecular flexibility index (Phi) is 5.68. The second kappa shape index (κ2) is 8.15. The summed E-state index contributed by atoms with van der Waals surface area (Å²) >= 11 is 6.94. The van der Waals surface area contributed by atoms with Crippen molar-refractivity contribution in [2.75, 3.05) is 12.4 Å². The molecule has 1 aromatic heterocycles. The van der Waals surface area contributed by atoms with Crippen LogP contribution in [-0.4, -0.2) is 28.1 Å². The van der Waals surface area contributed by atoms with Gasteiger partial charge in [-0.05, 0) is 60.1 Å². The van der Waals surface area contributed by atoms with Gasteiger partial charge in [0.15, 0.2) is 10.4 Å². The van der Waals surface area contributed by atoms with E-state index in [0.29, 0.717) is 22.1 Å². The summed E-state index contributed by atoms with van der Waals surface area (Å²) < 4.78 is 6.89. The third-order valence-corrected chi connectivity index (χ3v) is 4.61. The van der Waals surface area contributed by atoms with Crippen LogP contribution in [0.4, 0.5) is 5.69 Å². The number of benzene rings is 2. The van der Waals surface area contributed by atoms with E-state index >= 15 is 0 Å². The van der Waals surface area contributed by atoms with Crippen LogP contribution in [0.3, 0.4) is 0 Å². The maximum absolute atomic E-state index is 12.6. The van der Waals surface area contributed by atoms with Crippen LogP contribution in [0.5, 0.6) is 5.75 Å². The normalized spacial score (nSPS) is 11.3. The molecule has 0 aliphatic carbocycles. The van der Waals surface area contributed by atoms with Gasteiger partial charge in [0.25, 0.3) is 5.91 Å². The number of rotatable bonds is 4. The number of carbonyl (C=O) groups is 2. The van der Waals surface area contributed by atoms with E-state index in [1.54, 1.807) is 55.6 Å². The van der Waals surface area contributed by atoms with E-state index in [9.17, 15) is 9.59 Å². The van der Waals surface area contributed by atoms with Crippen molar-refractivity contribution in [1.82, 2.24) is 9.17 Å². The SMILES string of the molecule is COc1ccc(-n2nc(C(=O)Nc3ccc(Cl)cc3)c(=NC(C)=O)s2)cc1. The van der Waals surface area contributed by atoms with E-state index in [1.165, 1.54) is 11.0 Å². The molecule has 0 radical (unpaired) electrons. The summed E-state index contributed by atoms with van der Waals surface area (Å²) in [6.07, 6.45) is 0. The topological polar surface area (TPSA) is 85.6 Å². The molecule has 2 amide bonds. The number of amides is 2. The highest BCUT2D eigenvalue weighted by molar-refractivity contribution is 7.04. The maximum atomic E-state index is 12.6. The number of hydrogen-bond donors (Lipinski definition) is 1. The second-order valence-electron chi connectivity index (χ2n) is 5.41. The minimum absolute atomic E-state index is 0.0565. The standard InChI is InChI=1S/C18H15ClN4O3S/c1-11(24)20-18-16(17(25)21-13-5-3-12(19)4-6-13)22-23(27-18)14-7-9-15(26-2)10-8-14/h3-10H,1-2H3,(H,21,25). The lowest BCUT2D eigenvalue weighted by Gasteiger charge is -2.03. The summed E-state index contributed by atoms with van der Waals surface area (Å²) in [5.74, 6) is -0.188. The lowest BCUT2D eigenvalue weighted by Crippen LogP contribution is -2.20. The number of halogens is 1. The molecule has 3 aromatic rings. The Morgan fingerprint density at radius 3 is 2.41 bits per heavy atom. The van der Waals surface area contributed by atoms with Crippen molar-refractivity contribution >= 4 is 40.6 Å². The summed E-state index contributed by atoms with van der Waals surface area (Å²) in [5.41, 5.74) is 1.33. The molecule has 3 rings (SSSR count). The highest BCUT2D eigenvalue weighted by Crippen LogP contribution is 2.16. The summed E-state index contributed by atoms with van der Waals surface area (Å²) in [7, 11) is 1.58. The number of nitrogens with zero attached hydrogens (tertiary/aromatic N) is 3. The maximum Gasteiger partial charge on any atom is 0.279 e. The van der Waals surface area contributed by atoms with Gasteiger partial charge in [-0.2, -0.15) is 9.06 Å². The van der Waals surface area contributed by atoms with Crippen molar-refractivity contribution in [3.8, 4) is 11.4 Å². The van der Waals surface area contributed by atoms with Gasteiger partial charge in [0, 0.05) is 17.6 Å². The van der Waals surface area contributed by atoms with Gasteiger partial charge in [-0.15, -0.1) is 5.10 Å². The zero-order chi connectivity index (χ0) is 19.4. The Bertz CT molecular complexity index is 1040. The molecule has 0 spiro atoms. The summed E-state index contributed by atoms with van der Waals surface area (Å²) in [5, 5.41) is 7.60. The third-order valence-electron chi connectivity index (χ3n) is 3.44. The molecular weight excluding hydrogens is 388 g/mol. The second-order valence-corrected chi connectivity index (χ2v) is 6.76. The molecule has 7 nitrogen and oxygen atoms in total. The number of carbonyl (C=O) groups excluding carboxylic acids is 2. The van der Waals surface area contributed by atoms with Crippen molar-refractivity contribution in [2.45, 2.75) is 6.92 Å². The van der Waals surface area contributed by atoms with Gasteiger partial charge < -0.3 is 10.1 Å². The molecular formula is C18H15ClN4O3S. The number of methoxy groups -OCH3 is 1. The van der Waals surface area contributed by atoms with Crippen molar-refractivity contribution < 1.29 is 14.3 Å². The van der Waals surface area contributed by atoms with E-state index in [4.69, 9.17) is 16.3 Å². The Balaban J connectivity index is 1.97. The van der Waals surface area contributed by atoms with Gasteiger partial charge in [0.1, 0.15) is 5.75 Å². The van der Waals surface area contributed by atoms with Crippen LogP contribution < -0.4 is 14.7 Å². The quantitative estimate of drug-likeness (QED) is 0.725. The fraction of sp³-hybridized carbons (Fsp3) is 0.111. The van der Waals surface area contributed by atoms with Crippen LogP contribution in [0.2, 0.25) is 5.02 Å². The molecule has 0 aliphatic rings. The first-order chi connectivity index (χ1) is 13.0. The molecule has 1 heterocycles. The van der Waals surface area contributed by atoms with Gasteiger partial charge in [-0.1, -0.05) is 11.6 Å². The molecule has 0 saturated carbocycles. The zero-order valence-corrected chi connectivity index (χ0v) is 16.0. The van der Waals surface area contributed by atoms with Gasteiger partial charge in [0.2, 0.25) is 5.91 Å². The first-order valence-corrected chi connectivity index (χ1v) is 8.98. The van der Waals surface area contributed by atoms with Crippen LogP contribution in [0.25, 0.3) is 5.69 Å². The van der Waals surface area contributed by atoms with Gasteiger partial charge >= 0.3 is 0 Å². The van der Waals surface area contributed by atoms with E-state index < -0.39 is 11.8 Å². The highest BCUT2D eigenvalue weighted by Gasteiger charge is 2.16. The lowest BCUT2D eigenvalue weighted by molar-refractivity contribution is -0.116. The molecule has 0 aliphatic heterocycles. The first kappa shape index (κ1) is 18.8. The number of hydrogen-bond acceptors (Lipinski definition) is 5. The number of aromatic nitrogens is 2. The fourth-order valence-electron chi connectivity index (χ4n) is 2.18. The van der Waals surface area contributed by atoms with Crippen LogP contribution in [0.15, 0.2) is 53.5 Å². The summed E-state index contributed by atoms with van der Waals surface area (Å²) in [6.45, 7) is 1.32. The van der Waals surface area contributed by atoms with E-state index in [0.717, 1.165) is 11.5 Å². The Labute approximate surface area is 164 Å². The molecule has 138 valence electrons. The van der Waals surface area contributed by atoms with Crippen molar-refractivity contribution in [3.63, 3.8) is 0 Å². The van der Waals surface area contributed by atoms with Crippen LogP contribution in [0.1, 0.15) is 17.4 Å². The largest absolute Gasteiger partial charge is 0.497 e. The highest BCUT2D eigenvalue weighted by atomic mass is 35.5. The molecule has 0 bridgehead atoms. The van der Waals surface area contributed by atoms with E-state index in [2.05, 4.69) is 15.4 Å². The van der Waals surface area contributed by atoms with Crippen LogP contribution >= 0.6 is 23.1 Å². The van der Waals surface area contributed by atoms with Crippen molar-refractivity contribution in [1.29, 1.82) is 0 Å². The van der Waals surface area contributed by atoms with Crippen molar-refractivity contribution in [3.05, 3.63) is 63.9 Å². The number of nitrogens with one attached hydrogen (secondary N) is 1. The molecule has 9 heteroatoms. The average molecular weight is 403 g/mol. The summed E-state index contributed by atoms with van der Waals surface area (Å²) in [6, 6.07) is 13.8. The predicted molar refractivity (Wildman–Crippen MR) is 104 cm³/mol. The molecule has 27 heavy (non-hydrogen) atoms. The Hall–Kier alpha value is -2.97. The Morgan fingerprint density at radius 1 is 1.15 bits per heavy atom. The van der Waals surface area contributed by atoms with Gasteiger partial charge in [-0.25, -0.2) is 0 Å². The summed E-state index contributed by atoms with van der Waals surface area (Å²) in [4.78, 5) is 28.0. The van der Waals surface area contributed by atoms with E-state index in [1.807, 2.05) is 0 Å². The minimum Gasteiger partial charge on any atom is -0.497 e. The molecule has 0 saturated heterocycles. The fourth-order valence-corrected chi connectivity index (χ4v) is 3.21. The zero-order valence-electron chi connectivity index (χ0n) is 14.5. The lowest BCUT2D eigenvalue weighted by atomic mass is 10.3. The molecule has 2 aromatic carbocycles. The smallest absolute Gasteiger partial charge is 0.279 e. The van der Waals surface area contributed by atoms with Crippen molar-refractivity contribution in [2.24, 2.45) is 4.99 Å².